The van der Waals surface area contributed by atoms with E-state index in [0.29, 0.717) is 47.1 Å². The molecule has 184 valence electrons. The Morgan fingerprint density at radius 3 is 2.78 bits per heavy atom. The topological polar surface area (TPSA) is 109 Å². The highest BCUT2D eigenvalue weighted by Crippen LogP contribution is 2.24. The van der Waals surface area contributed by atoms with Gasteiger partial charge in [-0.2, -0.15) is 4.98 Å². The first kappa shape index (κ1) is 23.6. The minimum Gasteiger partial charge on any atom is -0.347 e. The zero-order valence-electron chi connectivity index (χ0n) is 19.2. The molecule has 2 aromatic carbocycles. The zero-order chi connectivity index (χ0) is 25.1. The maximum Gasteiger partial charge on any atom is 0.313 e. The Bertz CT molecular complexity index is 1450. The number of amides is 3. The Balaban J connectivity index is 1.17. The molecule has 1 aliphatic heterocycles. The van der Waals surface area contributed by atoms with Gasteiger partial charge in [-0.1, -0.05) is 18.2 Å². The number of fused-ring (bicyclic) bond motifs is 1. The van der Waals surface area contributed by atoms with Gasteiger partial charge >= 0.3 is 11.8 Å². The second-order valence-corrected chi connectivity index (χ2v) is 9.22. The number of benzene rings is 2. The third kappa shape index (κ3) is 5.10. The van der Waals surface area contributed by atoms with E-state index in [0.717, 1.165) is 18.5 Å². The molecule has 36 heavy (non-hydrogen) atoms. The van der Waals surface area contributed by atoms with E-state index >= 15 is 0 Å². The van der Waals surface area contributed by atoms with Gasteiger partial charge in [0, 0.05) is 48.2 Å². The zero-order valence-corrected chi connectivity index (χ0v) is 20.1. The number of piperidine rings is 1. The molecule has 2 N–H and O–H groups in total. The van der Waals surface area contributed by atoms with E-state index in [1.807, 2.05) is 11.4 Å². The highest BCUT2D eigenvalue weighted by molar-refractivity contribution is 7.15. The van der Waals surface area contributed by atoms with Gasteiger partial charge in [-0.15, -0.1) is 16.4 Å². The predicted molar refractivity (Wildman–Crippen MR) is 134 cm³/mol. The highest BCUT2D eigenvalue weighted by Gasteiger charge is 2.20. The highest BCUT2D eigenvalue weighted by atomic mass is 32.1. The number of aromatic nitrogens is 3. The molecule has 0 aliphatic carbocycles. The fourth-order valence-corrected chi connectivity index (χ4v) is 4.91. The van der Waals surface area contributed by atoms with Crippen molar-refractivity contribution in [3.05, 3.63) is 65.4 Å². The van der Waals surface area contributed by atoms with Crippen LogP contribution in [-0.2, 0) is 20.8 Å². The van der Waals surface area contributed by atoms with Crippen LogP contribution in [0, 0.1) is 5.82 Å². The van der Waals surface area contributed by atoms with E-state index in [1.54, 1.807) is 39.7 Å². The molecule has 9 nitrogen and oxygen atoms in total. The number of carbonyl (C=O) groups excluding carboxylic acids is 3. The average Bonchev–Trinajstić information content (AvgIpc) is 3.46. The molecule has 4 aromatic rings. The van der Waals surface area contributed by atoms with Crippen LogP contribution < -0.4 is 15.5 Å². The third-order valence-corrected chi connectivity index (χ3v) is 6.71. The number of anilines is 2. The van der Waals surface area contributed by atoms with Gasteiger partial charge in [0.05, 0.1) is 5.69 Å². The number of nitrogens with one attached hydrogen (secondary N) is 2. The Hall–Kier alpha value is -4.12. The van der Waals surface area contributed by atoms with Crippen LogP contribution in [0.3, 0.4) is 0 Å². The molecule has 0 saturated carbocycles. The molecule has 3 amide bonds. The molecule has 0 radical (unpaired) electrons. The number of halogens is 1. The fraction of sp³-hybridized carbons (Fsp3) is 0.240. The van der Waals surface area contributed by atoms with Crippen LogP contribution in [0.1, 0.15) is 25.0 Å². The monoisotopic (exact) mass is 506 g/mol. The summed E-state index contributed by atoms with van der Waals surface area (Å²) < 4.78 is 15.2. The smallest absolute Gasteiger partial charge is 0.313 e. The van der Waals surface area contributed by atoms with Crippen molar-refractivity contribution in [3.8, 4) is 11.4 Å². The Labute approximate surface area is 210 Å². The van der Waals surface area contributed by atoms with Gasteiger partial charge in [0.25, 0.3) is 0 Å². The van der Waals surface area contributed by atoms with Gasteiger partial charge < -0.3 is 15.5 Å². The molecule has 1 saturated heterocycles. The first-order valence-corrected chi connectivity index (χ1v) is 12.4. The van der Waals surface area contributed by atoms with Crippen LogP contribution in [0.5, 0.6) is 0 Å². The molecule has 0 spiro atoms. The lowest BCUT2D eigenvalue weighted by Crippen LogP contribution is -2.37. The lowest BCUT2D eigenvalue weighted by molar-refractivity contribution is -0.136. The average molecular weight is 507 g/mol. The molecule has 1 fully saturated rings. The van der Waals surface area contributed by atoms with Crippen molar-refractivity contribution in [1.29, 1.82) is 0 Å². The SMILES string of the molecule is O=C(NCCc1csc2nc(-c3cccc(F)c3)nn12)C(=O)Nc1cccc(N2CCCCC2=O)c1. The maximum absolute atomic E-state index is 13.5. The standard InChI is InChI=1S/C25H23FN6O3S/c26-17-6-3-5-16(13-17)22-29-25-32(30-22)20(15-36-25)10-11-27-23(34)24(35)28-18-7-4-8-19(14-18)31-12-2-1-9-21(31)33/h3-8,13-15H,1-2,9-12H2,(H,27,34)(H,28,35). The summed E-state index contributed by atoms with van der Waals surface area (Å²) in [5.41, 5.74) is 2.53. The van der Waals surface area contributed by atoms with Crippen molar-refractivity contribution in [2.75, 3.05) is 23.3 Å². The summed E-state index contributed by atoms with van der Waals surface area (Å²) in [6, 6.07) is 13.0. The molecule has 3 heterocycles. The summed E-state index contributed by atoms with van der Waals surface area (Å²) in [6.07, 6.45) is 2.75. The van der Waals surface area contributed by atoms with Crippen molar-refractivity contribution < 1.29 is 18.8 Å². The quantitative estimate of drug-likeness (QED) is 0.390. The van der Waals surface area contributed by atoms with Crippen molar-refractivity contribution in [1.82, 2.24) is 19.9 Å². The summed E-state index contributed by atoms with van der Waals surface area (Å²) in [5.74, 6) is -1.44. The van der Waals surface area contributed by atoms with Gasteiger partial charge in [0.1, 0.15) is 5.82 Å². The molecule has 5 rings (SSSR count). The number of thiazole rings is 1. The van der Waals surface area contributed by atoms with Crippen LogP contribution >= 0.6 is 11.3 Å². The summed E-state index contributed by atoms with van der Waals surface area (Å²) in [5, 5.41) is 11.5. The summed E-state index contributed by atoms with van der Waals surface area (Å²) >= 11 is 1.39. The van der Waals surface area contributed by atoms with Crippen molar-refractivity contribution >= 4 is 45.4 Å². The van der Waals surface area contributed by atoms with Gasteiger partial charge in [-0.05, 0) is 43.2 Å². The van der Waals surface area contributed by atoms with E-state index in [-0.39, 0.29) is 18.3 Å². The Kier molecular flexibility index (Phi) is 6.72. The van der Waals surface area contributed by atoms with E-state index < -0.39 is 11.8 Å². The van der Waals surface area contributed by atoms with E-state index in [1.165, 1.54) is 23.5 Å². The third-order valence-electron chi connectivity index (χ3n) is 5.84. The summed E-state index contributed by atoms with van der Waals surface area (Å²) in [7, 11) is 0. The molecule has 1 aliphatic rings. The first-order chi connectivity index (χ1) is 17.5. The van der Waals surface area contributed by atoms with Crippen LogP contribution in [-0.4, -0.2) is 45.4 Å². The predicted octanol–water partition coefficient (Wildman–Crippen LogP) is 3.41. The van der Waals surface area contributed by atoms with Gasteiger partial charge in [-0.25, -0.2) is 8.91 Å². The lowest BCUT2D eigenvalue weighted by atomic mass is 10.1. The van der Waals surface area contributed by atoms with Crippen molar-refractivity contribution in [2.45, 2.75) is 25.7 Å². The molecule has 0 unspecified atom stereocenters. The van der Waals surface area contributed by atoms with Crippen LogP contribution in [0.2, 0.25) is 0 Å². The molecule has 2 aromatic heterocycles. The van der Waals surface area contributed by atoms with Crippen molar-refractivity contribution in [3.63, 3.8) is 0 Å². The van der Waals surface area contributed by atoms with Gasteiger partial charge in [-0.3, -0.25) is 14.4 Å². The van der Waals surface area contributed by atoms with Crippen LogP contribution in [0.25, 0.3) is 16.3 Å². The number of rotatable bonds is 6. The molecule has 0 atom stereocenters. The van der Waals surface area contributed by atoms with Crippen LogP contribution in [0.4, 0.5) is 15.8 Å². The van der Waals surface area contributed by atoms with Gasteiger partial charge in [0.2, 0.25) is 10.9 Å². The number of nitrogens with zero attached hydrogens (tertiary/aromatic N) is 4. The second kappa shape index (κ2) is 10.2. The molecular formula is C25H23FN6O3S. The first-order valence-electron chi connectivity index (χ1n) is 11.6. The molecule has 11 heteroatoms. The van der Waals surface area contributed by atoms with E-state index in [4.69, 9.17) is 0 Å². The normalized spacial score (nSPS) is 13.7. The summed E-state index contributed by atoms with van der Waals surface area (Å²) in [4.78, 5) is 43.7. The molecular weight excluding hydrogens is 483 g/mol. The van der Waals surface area contributed by atoms with E-state index in [9.17, 15) is 18.8 Å². The summed E-state index contributed by atoms with van der Waals surface area (Å²) in [6.45, 7) is 0.859. The second-order valence-electron chi connectivity index (χ2n) is 8.38. The van der Waals surface area contributed by atoms with Gasteiger partial charge in [0.15, 0.2) is 5.82 Å². The Morgan fingerprint density at radius 2 is 1.94 bits per heavy atom. The fourth-order valence-electron chi connectivity index (χ4n) is 4.05. The number of hydrogen-bond donors (Lipinski definition) is 2. The lowest BCUT2D eigenvalue weighted by Gasteiger charge is -2.27. The maximum atomic E-state index is 13.5. The van der Waals surface area contributed by atoms with Crippen molar-refractivity contribution in [2.24, 2.45) is 0 Å². The number of carbonyl (C=O) groups is 3. The minimum absolute atomic E-state index is 0.0560. The van der Waals surface area contributed by atoms with Crippen LogP contribution in [0.15, 0.2) is 53.9 Å². The van der Waals surface area contributed by atoms with E-state index in [2.05, 4.69) is 20.7 Å². The number of hydrogen-bond acceptors (Lipinski definition) is 6. The molecule has 0 bridgehead atoms. The largest absolute Gasteiger partial charge is 0.347 e. The minimum atomic E-state index is -0.790. The Morgan fingerprint density at radius 1 is 1.08 bits per heavy atom.